The molecule has 0 aliphatic carbocycles. The van der Waals surface area contributed by atoms with E-state index >= 15 is 0 Å². The molecule has 0 bridgehead atoms. The highest BCUT2D eigenvalue weighted by atomic mass is 32.1. The van der Waals surface area contributed by atoms with E-state index in [0.29, 0.717) is 29.6 Å². The second-order valence-corrected chi connectivity index (χ2v) is 4.14. The summed E-state index contributed by atoms with van der Waals surface area (Å²) in [5.41, 5.74) is 6.03. The van der Waals surface area contributed by atoms with Crippen molar-refractivity contribution in [3.63, 3.8) is 0 Å². The molecular formula is C12H14N4O3S. The normalized spacial score (nSPS) is 10.1. The molecule has 0 aliphatic heterocycles. The predicted molar refractivity (Wildman–Crippen MR) is 77.9 cm³/mol. The second-order valence-electron chi connectivity index (χ2n) is 3.70. The number of thiocarbonyl (C=S) groups is 1. The van der Waals surface area contributed by atoms with Crippen molar-refractivity contribution in [3.8, 4) is 23.0 Å². The fraction of sp³-hybridized carbons (Fsp3) is 0.250. The van der Waals surface area contributed by atoms with Crippen LogP contribution >= 0.6 is 12.2 Å². The van der Waals surface area contributed by atoms with Crippen LogP contribution in [0.3, 0.4) is 0 Å². The zero-order valence-electron chi connectivity index (χ0n) is 11.0. The van der Waals surface area contributed by atoms with Crippen LogP contribution in [0.25, 0.3) is 11.5 Å². The first-order valence-corrected chi connectivity index (χ1v) is 6.26. The lowest BCUT2D eigenvalue weighted by Gasteiger charge is -2.09. The number of hydrogen-bond donors (Lipinski definition) is 2. The van der Waals surface area contributed by atoms with Crippen LogP contribution in [0, 0.1) is 0 Å². The minimum absolute atomic E-state index is 0.0597. The topological polar surface area (TPSA) is 95.4 Å². The zero-order valence-corrected chi connectivity index (χ0v) is 11.9. The van der Waals surface area contributed by atoms with Gasteiger partial charge in [0.25, 0.3) is 0 Å². The fourth-order valence-corrected chi connectivity index (χ4v) is 1.66. The maximum atomic E-state index is 5.44. The molecule has 0 spiro atoms. The van der Waals surface area contributed by atoms with Crippen molar-refractivity contribution < 1.29 is 13.9 Å². The van der Waals surface area contributed by atoms with Gasteiger partial charge in [0.15, 0.2) is 16.6 Å². The van der Waals surface area contributed by atoms with Crippen LogP contribution in [0.1, 0.15) is 6.92 Å². The Balaban J connectivity index is 2.28. The number of nitrogens with two attached hydrogens (primary N) is 1. The molecule has 0 atom stereocenters. The maximum absolute atomic E-state index is 5.44. The molecule has 2 aromatic rings. The SMILES string of the molecule is CCOc1ccc(-c2nnc(NC(N)=S)o2)cc1OC. The monoisotopic (exact) mass is 294 g/mol. The van der Waals surface area contributed by atoms with Gasteiger partial charge in [-0.1, -0.05) is 5.10 Å². The summed E-state index contributed by atoms with van der Waals surface area (Å²) in [5.74, 6) is 1.57. The molecule has 20 heavy (non-hydrogen) atoms. The molecule has 1 aromatic heterocycles. The van der Waals surface area contributed by atoms with Crippen molar-refractivity contribution in [3.05, 3.63) is 18.2 Å². The highest BCUT2D eigenvalue weighted by Crippen LogP contribution is 2.32. The summed E-state index contributed by atoms with van der Waals surface area (Å²) >= 11 is 4.69. The van der Waals surface area contributed by atoms with E-state index in [1.807, 2.05) is 6.92 Å². The minimum Gasteiger partial charge on any atom is -0.493 e. The number of benzene rings is 1. The van der Waals surface area contributed by atoms with Crippen LogP contribution in [-0.4, -0.2) is 29.0 Å². The van der Waals surface area contributed by atoms with Crippen LogP contribution < -0.4 is 20.5 Å². The molecule has 8 heteroatoms. The van der Waals surface area contributed by atoms with Crippen LogP contribution in [0.2, 0.25) is 0 Å². The molecule has 0 aliphatic rings. The van der Waals surface area contributed by atoms with E-state index in [4.69, 9.17) is 31.8 Å². The van der Waals surface area contributed by atoms with Crippen LogP contribution in [0.4, 0.5) is 6.01 Å². The molecule has 3 N–H and O–H groups in total. The first-order chi connectivity index (χ1) is 9.63. The average Bonchev–Trinajstić information content (AvgIpc) is 2.87. The number of methoxy groups -OCH3 is 1. The number of hydrogen-bond acceptors (Lipinski definition) is 6. The first kappa shape index (κ1) is 14.1. The average molecular weight is 294 g/mol. The number of anilines is 1. The number of aromatic nitrogens is 2. The van der Waals surface area contributed by atoms with Gasteiger partial charge in [0.1, 0.15) is 0 Å². The summed E-state index contributed by atoms with van der Waals surface area (Å²) in [5, 5.41) is 10.3. The van der Waals surface area contributed by atoms with Gasteiger partial charge in [-0.2, -0.15) is 0 Å². The molecule has 0 saturated heterocycles. The first-order valence-electron chi connectivity index (χ1n) is 5.85. The summed E-state index contributed by atoms with van der Waals surface area (Å²) in [6.45, 7) is 2.46. The maximum Gasteiger partial charge on any atom is 0.322 e. The molecule has 1 aromatic carbocycles. The van der Waals surface area contributed by atoms with Gasteiger partial charge in [0, 0.05) is 5.56 Å². The molecule has 1 heterocycles. The third kappa shape index (κ3) is 3.15. The van der Waals surface area contributed by atoms with Gasteiger partial charge in [-0.3, -0.25) is 5.32 Å². The van der Waals surface area contributed by atoms with Gasteiger partial charge in [-0.15, -0.1) is 5.10 Å². The zero-order chi connectivity index (χ0) is 14.5. The van der Waals surface area contributed by atoms with Crippen molar-refractivity contribution in [1.82, 2.24) is 10.2 Å². The van der Waals surface area contributed by atoms with E-state index in [1.54, 1.807) is 25.3 Å². The highest BCUT2D eigenvalue weighted by molar-refractivity contribution is 7.80. The van der Waals surface area contributed by atoms with Crippen molar-refractivity contribution >= 4 is 23.3 Å². The summed E-state index contributed by atoms with van der Waals surface area (Å²) in [4.78, 5) is 0. The Bertz CT molecular complexity index is 614. The summed E-state index contributed by atoms with van der Waals surface area (Å²) < 4.78 is 16.1. The van der Waals surface area contributed by atoms with Gasteiger partial charge in [-0.25, -0.2) is 0 Å². The molecular weight excluding hydrogens is 280 g/mol. The Labute approximate surface area is 121 Å². The second kappa shape index (κ2) is 6.20. The Morgan fingerprint density at radius 1 is 1.40 bits per heavy atom. The Morgan fingerprint density at radius 2 is 2.20 bits per heavy atom. The van der Waals surface area contributed by atoms with E-state index in [0.717, 1.165) is 0 Å². The number of nitrogens with zero attached hydrogens (tertiary/aromatic N) is 2. The van der Waals surface area contributed by atoms with Crippen molar-refractivity contribution in [1.29, 1.82) is 0 Å². The van der Waals surface area contributed by atoms with E-state index < -0.39 is 0 Å². The largest absolute Gasteiger partial charge is 0.493 e. The van der Waals surface area contributed by atoms with E-state index in [-0.39, 0.29) is 11.1 Å². The van der Waals surface area contributed by atoms with E-state index in [2.05, 4.69) is 15.5 Å². The third-order valence-electron chi connectivity index (χ3n) is 2.37. The molecule has 0 saturated carbocycles. The highest BCUT2D eigenvalue weighted by Gasteiger charge is 2.12. The standard InChI is InChI=1S/C12H14N4O3S/c1-3-18-8-5-4-7(6-9(8)17-2)10-15-16-12(19-10)14-11(13)20/h4-6H,3H2,1-2H3,(H3,13,14,16,20). The Hall–Kier alpha value is -2.35. The molecule has 0 radical (unpaired) electrons. The third-order valence-corrected chi connectivity index (χ3v) is 2.47. The summed E-state index contributed by atoms with van der Waals surface area (Å²) in [6.07, 6.45) is 0. The van der Waals surface area contributed by atoms with Gasteiger partial charge < -0.3 is 19.6 Å². The lowest BCUT2D eigenvalue weighted by atomic mass is 10.2. The lowest BCUT2D eigenvalue weighted by molar-refractivity contribution is 0.311. The molecule has 0 unspecified atom stereocenters. The van der Waals surface area contributed by atoms with Crippen molar-refractivity contribution in [2.24, 2.45) is 5.73 Å². The summed E-state index contributed by atoms with van der Waals surface area (Å²) in [7, 11) is 1.56. The van der Waals surface area contributed by atoms with Gasteiger partial charge in [0.2, 0.25) is 5.89 Å². The number of rotatable bonds is 5. The molecule has 7 nitrogen and oxygen atoms in total. The minimum atomic E-state index is 0.0597. The summed E-state index contributed by atoms with van der Waals surface area (Å²) in [6, 6.07) is 5.47. The molecule has 2 rings (SSSR count). The molecule has 0 fully saturated rings. The number of ether oxygens (including phenoxy) is 2. The van der Waals surface area contributed by atoms with Gasteiger partial charge in [-0.05, 0) is 37.3 Å². The molecule has 106 valence electrons. The Morgan fingerprint density at radius 3 is 2.85 bits per heavy atom. The molecule has 0 amide bonds. The van der Waals surface area contributed by atoms with Crippen molar-refractivity contribution in [2.75, 3.05) is 19.0 Å². The van der Waals surface area contributed by atoms with E-state index in [9.17, 15) is 0 Å². The lowest BCUT2D eigenvalue weighted by Crippen LogP contribution is -2.18. The van der Waals surface area contributed by atoms with Gasteiger partial charge in [0.05, 0.1) is 13.7 Å². The van der Waals surface area contributed by atoms with Crippen LogP contribution in [0.15, 0.2) is 22.6 Å². The predicted octanol–water partition coefficient (Wildman–Crippen LogP) is 1.80. The fourth-order valence-electron chi connectivity index (χ4n) is 1.57. The quantitative estimate of drug-likeness (QED) is 0.806. The van der Waals surface area contributed by atoms with Crippen LogP contribution in [0.5, 0.6) is 11.5 Å². The van der Waals surface area contributed by atoms with E-state index in [1.165, 1.54) is 0 Å². The smallest absolute Gasteiger partial charge is 0.322 e. The van der Waals surface area contributed by atoms with Crippen molar-refractivity contribution in [2.45, 2.75) is 6.92 Å². The Kier molecular flexibility index (Phi) is 4.36. The number of nitrogens with one attached hydrogen (secondary N) is 1. The van der Waals surface area contributed by atoms with Crippen LogP contribution in [-0.2, 0) is 0 Å². The van der Waals surface area contributed by atoms with Gasteiger partial charge >= 0.3 is 6.01 Å².